The summed E-state index contributed by atoms with van der Waals surface area (Å²) in [7, 11) is 0. The van der Waals surface area contributed by atoms with Crippen LogP contribution in [0.1, 0.15) is 104 Å². The van der Waals surface area contributed by atoms with E-state index < -0.39 is 5.41 Å². The van der Waals surface area contributed by atoms with E-state index in [1.165, 1.54) is 94.6 Å². The van der Waals surface area contributed by atoms with Gasteiger partial charge in [-0.3, -0.25) is 4.57 Å². The van der Waals surface area contributed by atoms with Gasteiger partial charge in [0.2, 0.25) is 5.95 Å². The Morgan fingerprint density at radius 2 is 0.941 bits per heavy atom. The summed E-state index contributed by atoms with van der Waals surface area (Å²) in [5.74, 6) is 2.09. The molecule has 0 saturated heterocycles. The summed E-state index contributed by atoms with van der Waals surface area (Å²) in [5.41, 5.74) is 27.5. The van der Waals surface area contributed by atoms with Gasteiger partial charge in [-0.15, -0.1) is 0 Å². The first-order valence-electron chi connectivity index (χ1n) is 30.2. The van der Waals surface area contributed by atoms with Crippen LogP contribution in [0.3, 0.4) is 0 Å². The van der Waals surface area contributed by atoms with Crippen molar-refractivity contribution in [3.05, 3.63) is 299 Å². The molecule has 1 spiro atoms. The topological polar surface area (TPSA) is 43.6 Å². The summed E-state index contributed by atoms with van der Waals surface area (Å²) in [4.78, 5) is 16.7. The van der Waals surface area contributed by atoms with Crippen molar-refractivity contribution >= 4 is 21.8 Å². The predicted octanol–water partition coefficient (Wildman–Crippen LogP) is 20.3. The van der Waals surface area contributed by atoms with Gasteiger partial charge in [0.25, 0.3) is 0 Å². The SMILES string of the molecule is CC(C)(C)c1cc(-c2cccc(-c3nc(-c4ccccc4)nc(-n4c5ccc(-c6ccc7c(c6)-c6ccccc6CCC7c6ccccc6)cc5c5ccc6c(c54)-c4ccccc4C64c5ccccc5-c5ccccc54)n3)c2)cc(C(C)(C)C)c1. The van der Waals surface area contributed by atoms with E-state index >= 15 is 0 Å². The minimum Gasteiger partial charge on any atom is -0.277 e. The summed E-state index contributed by atoms with van der Waals surface area (Å²) in [6.45, 7) is 13.8. The average molecular weight is 1090 g/mol. The van der Waals surface area contributed by atoms with Crippen LogP contribution < -0.4 is 0 Å². The molecular weight excluding hydrogens is 1030 g/mol. The maximum Gasteiger partial charge on any atom is 0.238 e. The quantitative estimate of drug-likeness (QED) is 0.167. The van der Waals surface area contributed by atoms with Crippen LogP contribution in [-0.4, -0.2) is 19.5 Å². The van der Waals surface area contributed by atoms with E-state index in [4.69, 9.17) is 15.0 Å². The number of rotatable bonds is 6. The fraction of sp³-hybridized carbons (Fsp3) is 0.148. The lowest BCUT2D eigenvalue weighted by Gasteiger charge is -2.30. The minimum atomic E-state index is -0.549. The lowest BCUT2D eigenvalue weighted by molar-refractivity contribution is 0.569. The van der Waals surface area contributed by atoms with Gasteiger partial charge >= 0.3 is 0 Å². The molecule has 11 aromatic carbocycles. The zero-order valence-corrected chi connectivity index (χ0v) is 49.0. The fourth-order valence-corrected chi connectivity index (χ4v) is 14.6. The summed E-state index contributed by atoms with van der Waals surface area (Å²) < 4.78 is 2.37. The van der Waals surface area contributed by atoms with E-state index in [1.807, 2.05) is 0 Å². The summed E-state index contributed by atoms with van der Waals surface area (Å²) in [6, 6.07) is 92.9. The minimum absolute atomic E-state index is 0.0341. The van der Waals surface area contributed by atoms with Gasteiger partial charge in [-0.05, 0) is 148 Å². The molecule has 85 heavy (non-hydrogen) atoms. The number of nitrogens with zero attached hydrogens (tertiary/aromatic N) is 4. The zero-order chi connectivity index (χ0) is 57.3. The van der Waals surface area contributed by atoms with E-state index in [0.717, 1.165) is 56.9 Å². The van der Waals surface area contributed by atoms with E-state index in [2.05, 4.69) is 295 Å². The Kier molecular flexibility index (Phi) is 11.5. The highest BCUT2D eigenvalue weighted by molar-refractivity contribution is 6.17. The molecule has 2 heterocycles. The zero-order valence-electron chi connectivity index (χ0n) is 49.0. The Balaban J connectivity index is 0.965. The predicted molar refractivity (Wildman–Crippen MR) is 352 cm³/mol. The number of benzene rings is 11. The van der Waals surface area contributed by atoms with Crippen LogP contribution in [0, 0.1) is 0 Å². The number of aryl methyl sites for hydroxylation is 1. The van der Waals surface area contributed by atoms with Gasteiger partial charge in [-0.25, -0.2) is 4.98 Å². The van der Waals surface area contributed by atoms with E-state index in [0.29, 0.717) is 23.5 Å². The third-order valence-corrected chi connectivity index (χ3v) is 18.8. The molecule has 0 aliphatic heterocycles. The van der Waals surface area contributed by atoms with Gasteiger partial charge in [0.05, 0.1) is 16.4 Å². The molecule has 13 aromatic rings. The molecule has 1 atom stereocenters. The van der Waals surface area contributed by atoms with Crippen molar-refractivity contribution in [2.45, 2.75) is 76.5 Å². The Hall–Kier alpha value is -9.77. The smallest absolute Gasteiger partial charge is 0.238 e. The first kappa shape index (κ1) is 50.9. The van der Waals surface area contributed by atoms with Gasteiger partial charge in [-0.2, -0.15) is 9.97 Å². The number of hydrogen-bond acceptors (Lipinski definition) is 3. The first-order chi connectivity index (χ1) is 41.4. The first-order valence-corrected chi connectivity index (χ1v) is 30.2. The van der Waals surface area contributed by atoms with Crippen molar-refractivity contribution in [1.82, 2.24) is 19.5 Å². The van der Waals surface area contributed by atoms with E-state index in [9.17, 15) is 0 Å². The molecule has 1 unspecified atom stereocenters. The van der Waals surface area contributed by atoms with Crippen LogP contribution in [0.2, 0.25) is 0 Å². The summed E-state index contributed by atoms with van der Waals surface area (Å²) in [6.07, 6.45) is 2.08. The Morgan fingerprint density at radius 1 is 0.388 bits per heavy atom. The highest BCUT2D eigenvalue weighted by Gasteiger charge is 2.52. The molecule has 16 rings (SSSR count). The van der Waals surface area contributed by atoms with E-state index in [-0.39, 0.29) is 10.8 Å². The monoisotopic (exact) mass is 1090 g/mol. The van der Waals surface area contributed by atoms with Crippen LogP contribution in [0.15, 0.2) is 249 Å². The molecule has 2 aromatic heterocycles. The van der Waals surface area contributed by atoms with Crippen LogP contribution in [0.5, 0.6) is 0 Å². The van der Waals surface area contributed by atoms with Crippen LogP contribution in [0.25, 0.3) is 106 Å². The highest BCUT2D eigenvalue weighted by atomic mass is 15.2. The highest BCUT2D eigenvalue weighted by Crippen LogP contribution is 2.64. The Bertz CT molecular complexity index is 4780. The summed E-state index contributed by atoms with van der Waals surface area (Å²) in [5, 5.41) is 2.28. The maximum absolute atomic E-state index is 5.69. The maximum atomic E-state index is 5.69. The number of fused-ring (bicyclic) bond motifs is 17. The second-order valence-electron chi connectivity index (χ2n) is 25.8. The van der Waals surface area contributed by atoms with Gasteiger partial charge in [-0.1, -0.05) is 266 Å². The number of hydrogen-bond donors (Lipinski definition) is 0. The van der Waals surface area contributed by atoms with Crippen molar-refractivity contribution < 1.29 is 0 Å². The summed E-state index contributed by atoms with van der Waals surface area (Å²) >= 11 is 0. The number of aromatic nitrogens is 4. The van der Waals surface area contributed by atoms with E-state index in [1.54, 1.807) is 0 Å². The molecule has 3 aliphatic rings. The molecule has 0 N–H and O–H groups in total. The molecule has 0 amide bonds. The molecule has 0 bridgehead atoms. The van der Waals surface area contributed by atoms with Gasteiger partial charge < -0.3 is 0 Å². The van der Waals surface area contributed by atoms with Gasteiger partial charge in [0.15, 0.2) is 11.6 Å². The molecule has 4 heteroatoms. The second kappa shape index (κ2) is 19.1. The normalized spacial score (nSPS) is 14.6. The Labute approximate surface area is 498 Å². The standard InChI is InChI=1S/C81H64N4/c1-79(2,3)58-45-57(46-59(49-58)80(4,5)6)53-27-21-28-56(44-53)77-82-76(52-25-11-8-12-26-52)83-78(84-77)85-73-43-38-55(54-37-40-62-61(50-22-9-7-10-23-50)39-36-51-24-13-14-29-60(51)67(62)47-54)48-68(73)65-41-42-72-74(75(65)85)66-32-17-20-35-71(66)81(72)69-33-18-15-30-63(69)64-31-16-19-34-70(64)81/h7-35,37-38,40-49,61H,36,39H2,1-6H3. The molecule has 4 nitrogen and oxygen atoms in total. The largest absolute Gasteiger partial charge is 0.277 e. The van der Waals surface area contributed by atoms with Crippen molar-refractivity contribution in [2.75, 3.05) is 0 Å². The second-order valence-corrected chi connectivity index (χ2v) is 25.8. The molecule has 3 aliphatic carbocycles. The van der Waals surface area contributed by atoms with Crippen LogP contribution in [0.4, 0.5) is 0 Å². The van der Waals surface area contributed by atoms with Crippen molar-refractivity contribution in [3.63, 3.8) is 0 Å². The third-order valence-electron chi connectivity index (χ3n) is 18.8. The molecule has 408 valence electrons. The lowest BCUT2D eigenvalue weighted by Crippen LogP contribution is -2.25. The molecule has 0 radical (unpaired) electrons. The molecule has 0 fully saturated rings. The fourth-order valence-electron chi connectivity index (χ4n) is 14.6. The molecule has 0 saturated carbocycles. The van der Waals surface area contributed by atoms with Crippen molar-refractivity contribution in [1.29, 1.82) is 0 Å². The van der Waals surface area contributed by atoms with Crippen LogP contribution >= 0.6 is 0 Å². The van der Waals surface area contributed by atoms with Gasteiger partial charge in [0, 0.05) is 33.4 Å². The van der Waals surface area contributed by atoms with Gasteiger partial charge in [0.1, 0.15) is 0 Å². The molecular formula is C81H64N4. The lowest BCUT2D eigenvalue weighted by atomic mass is 9.70. The van der Waals surface area contributed by atoms with Crippen molar-refractivity contribution in [2.24, 2.45) is 0 Å². The third kappa shape index (κ3) is 7.98. The Morgan fingerprint density at radius 3 is 1.64 bits per heavy atom. The van der Waals surface area contributed by atoms with Crippen molar-refractivity contribution in [3.8, 4) is 84.4 Å². The average Bonchev–Trinajstić information content (AvgIpc) is 1.52. The van der Waals surface area contributed by atoms with Crippen LogP contribution in [-0.2, 0) is 22.7 Å².